The van der Waals surface area contributed by atoms with Gasteiger partial charge in [-0.3, -0.25) is 9.59 Å². The van der Waals surface area contributed by atoms with E-state index in [-0.39, 0.29) is 13.0 Å². The molecule has 0 aliphatic carbocycles. The first kappa shape index (κ1) is 17.0. The molecule has 3 N–H and O–H groups in total. The van der Waals surface area contributed by atoms with Gasteiger partial charge in [-0.1, -0.05) is 12.1 Å². The predicted octanol–water partition coefficient (Wildman–Crippen LogP) is 0.575. The van der Waals surface area contributed by atoms with Crippen molar-refractivity contribution in [3.8, 4) is 0 Å². The fourth-order valence-corrected chi connectivity index (χ4v) is 2.61. The molecular weight excluding hydrogens is 296 g/mol. The minimum atomic E-state index is -3.67. The van der Waals surface area contributed by atoms with Gasteiger partial charge in [-0.25, -0.2) is 8.42 Å². The molecule has 0 aliphatic rings. The predicted molar refractivity (Wildman–Crippen MR) is 79.4 cm³/mol. The molecule has 0 aromatic heterocycles. The van der Waals surface area contributed by atoms with E-state index in [1.165, 1.54) is 0 Å². The molecule has 0 saturated heterocycles. The Balaban J connectivity index is 2.49. The molecule has 1 amide bonds. The minimum absolute atomic E-state index is 0.113. The molecular formula is C13H18N2O5S. The van der Waals surface area contributed by atoms with Crippen LogP contribution in [0.15, 0.2) is 24.3 Å². The summed E-state index contributed by atoms with van der Waals surface area (Å²) in [5.74, 6) is -2.45. The monoisotopic (exact) mass is 314 g/mol. The molecule has 0 atom stereocenters. The van der Waals surface area contributed by atoms with Crippen molar-refractivity contribution in [1.82, 2.24) is 0 Å². The van der Waals surface area contributed by atoms with Crippen molar-refractivity contribution in [3.05, 3.63) is 24.3 Å². The Kier molecular flexibility index (Phi) is 6.16. The number of rotatable bonds is 7. The number of benzene rings is 1. The van der Waals surface area contributed by atoms with Crippen LogP contribution < -0.4 is 11.1 Å². The van der Waals surface area contributed by atoms with Gasteiger partial charge in [0.1, 0.15) is 5.75 Å². The fourth-order valence-electron chi connectivity index (χ4n) is 1.53. The van der Waals surface area contributed by atoms with E-state index in [0.717, 1.165) is 0 Å². The molecule has 1 aromatic rings. The normalized spacial score (nSPS) is 10.9. The molecule has 0 unspecified atom stereocenters. The third kappa shape index (κ3) is 6.26. The van der Waals surface area contributed by atoms with Crippen LogP contribution in [0.25, 0.3) is 0 Å². The SMILES string of the molecule is CCOC(=O)CS(=O)(=O)CCC(=O)Nc1ccccc1N. The number of nitrogens with one attached hydrogen (secondary N) is 1. The van der Waals surface area contributed by atoms with E-state index in [0.29, 0.717) is 11.4 Å². The second-order valence-electron chi connectivity index (χ2n) is 4.28. The summed E-state index contributed by atoms with van der Waals surface area (Å²) >= 11 is 0. The molecule has 0 saturated carbocycles. The first-order chi connectivity index (χ1) is 9.84. The highest BCUT2D eigenvalue weighted by molar-refractivity contribution is 7.92. The zero-order valence-electron chi connectivity index (χ0n) is 11.7. The number of amides is 1. The van der Waals surface area contributed by atoms with E-state index in [9.17, 15) is 18.0 Å². The molecule has 21 heavy (non-hydrogen) atoms. The van der Waals surface area contributed by atoms with E-state index >= 15 is 0 Å². The second kappa shape index (κ2) is 7.63. The standard InChI is InChI=1S/C13H18N2O5S/c1-2-20-13(17)9-21(18,19)8-7-12(16)15-11-6-4-3-5-10(11)14/h3-6H,2,7-9,14H2,1H3,(H,15,16). The Bertz CT molecular complexity index is 613. The third-order valence-electron chi connectivity index (χ3n) is 2.52. The van der Waals surface area contributed by atoms with Crippen molar-refractivity contribution in [3.63, 3.8) is 0 Å². The number of carbonyl (C=O) groups is 2. The quantitative estimate of drug-likeness (QED) is 0.561. The lowest BCUT2D eigenvalue weighted by atomic mass is 10.2. The fraction of sp³-hybridized carbons (Fsp3) is 0.385. The maximum Gasteiger partial charge on any atom is 0.321 e. The Morgan fingerprint density at radius 2 is 1.95 bits per heavy atom. The number of hydrogen-bond donors (Lipinski definition) is 2. The van der Waals surface area contributed by atoms with Crippen molar-refractivity contribution in [1.29, 1.82) is 0 Å². The molecule has 8 heteroatoms. The molecule has 116 valence electrons. The number of sulfone groups is 1. The van der Waals surface area contributed by atoms with Crippen LogP contribution in [0.4, 0.5) is 11.4 Å². The number of esters is 1. The minimum Gasteiger partial charge on any atom is -0.465 e. The van der Waals surface area contributed by atoms with Gasteiger partial charge in [-0.15, -0.1) is 0 Å². The van der Waals surface area contributed by atoms with E-state index < -0.39 is 33.2 Å². The first-order valence-electron chi connectivity index (χ1n) is 6.34. The molecule has 0 bridgehead atoms. The number of ether oxygens (including phenoxy) is 1. The molecule has 0 fully saturated rings. The van der Waals surface area contributed by atoms with Crippen LogP contribution >= 0.6 is 0 Å². The molecule has 0 heterocycles. The largest absolute Gasteiger partial charge is 0.465 e. The molecule has 1 rings (SSSR count). The highest BCUT2D eigenvalue weighted by Crippen LogP contribution is 2.16. The summed E-state index contributed by atoms with van der Waals surface area (Å²) in [6, 6.07) is 6.64. The van der Waals surface area contributed by atoms with Crippen LogP contribution in [-0.2, 0) is 24.2 Å². The number of carbonyl (C=O) groups excluding carboxylic acids is 2. The number of nitrogens with two attached hydrogens (primary N) is 1. The molecule has 0 radical (unpaired) electrons. The maximum absolute atomic E-state index is 11.7. The van der Waals surface area contributed by atoms with Crippen LogP contribution in [0.2, 0.25) is 0 Å². The molecule has 0 aliphatic heterocycles. The summed E-state index contributed by atoms with van der Waals surface area (Å²) < 4.78 is 27.8. The average molecular weight is 314 g/mol. The Morgan fingerprint density at radius 3 is 2.57 bits per heavy atom. The summed E-state index contributed by atoms with van der Waals surface area (Å²) in [7, 11) is -3.67. The lowest BCUT2D eigenvalue weighted by molar-refractivity contribution is -0.140. The van der Waals surface area contributed by atoms with Gasteiger partial charge >= 0.3 is 5.97 Å². The van der Waals surface area contributed by atoms with Gasteiger partial charge in [0, 0.05) is 6.42 Å². The third-order valence-corrected chi connectivity index (χ3v) is 4.02. The molecule has 7 nitrogen and oxygen atoms in total. The van der Waals surface area contributed by atoms with Gasteiger partial charge in [0.2, 0.25) is 5.91 Å². The van der Waals surface area contributed by atoms with E-state index in [1.807, 2.05) is 0 Å². The first-order valence-corrected chi connectivity index (χ1v) is 8.16. The number of anilines is 2. The van der Waals surface area contributed by atoms with Crippen LogP contribution in [0.5, 0.6) is 0 Å². The topological polar surface area (TPSA) is 116 Å². The van der Waals surface area contributed by atoms with Crippen molar-refractivity contribution >= 4 is 33.1 Å². The van der Waals surface area contributed by atoms with Crippen molar-refractivity contribution < 1.29 is 22.7 Å². The zero-order valence-corrected chi connectivity index (χ0v) is 12.5. The summed E-state index contributed by atoms with van der Waals surface area (Å²) in [6.07, 6.45) is -0.254. The van der Waals surface area contributed by atoms with E-state index in [2.05, 4.69) is 10.1 Å². The summed E-state index contributed by atoms with van der Waals surface area (Å²) in [6.45, 7) is 1.70. The van der Waals surface area contributed by atoms with E-state index in [4.69, 9.17) is 5.73 Å². The summed E-state index contributed by atoms with van der Waals surface area (Å²) in [4.78, 5) is 22.8. The Hall–Kier alpha value is -2.09. The van der Waals surface area contributed by atoms with Crippen molar-refractivity contribution in [2.24, 2.45) is 0 Å². The highest BCUT2D eigenvalue weighted by atomic mass is 32.2. The number of nitrogen functional groups attached to an aromatic ring is 1. The maximum atomic E-state index is 11.7. The number of para-hydroxylation sites is 2. The highest BCUT2D eigenvalue weighted by Gasteiger charge is 2.19. The van der Waals surface area contributed by atoms with Gasteiger partial charge in [0.25, 0.3) is 0 Å². The molecule has 1 aromatic carbocycles. The molecule has 0 spiro atoms. The average Bonchev–Trinajstić information content (AvgIpc) is 2.39. The van der Waals surface area contributed by atoms with Crippen molar-refractivity contribution in [2.45, 2.75) is 13.3 Å². The lowest BCUT2D eigenvalue weighted by Crippen LogP contribution is -2.24. The van der Waals surface area contributed by atoms with E-state index in [1.54, 1.807) is 31.2 Å². The Labute approximate surface area is 123 Å². The van der Waals surface area contributed by atoms with Gasteiger partial charge in [-0.2, -0.15) is 0 Å². The van der Waals surface area contributed by atoms with Gasteiger partial charge in [0.15, 0.2) is 9.84 Å². The van der Waals surface area contributed by atoms with Crippen LogP contribution in [0, 0.1) is 0 Å². The van der Waals surface area contributed by atoms with Crippen LogP contribution in [0.3, 0.4) is 0 Å². The zero-order chi connectivity index (χ0) is 15.9. The van der Waals surface area contributed by atoms with Gasteiger partial charge < -0.3 is 15.8 Å². The van der Waals surface area contributed by atoms with Crippen LogP contribution in [0.1, 0.15) is 13.3 Å². The second-order valence-corrected chi connectivity index (χ2v) is 6.47. The van der Waals surface area contributed by atoms with Crippen molar-refractivity contribution in [2.75, 3.05) is 29.2 Å². The smallest absolute Gasteiger partial charge is 0.321 e. The Morgan fingerprint density at radius 1 is 1.29 bits per heavy atom. The summed E-state index contributed by atoms with van der Waals surface area (Å²) in [5.41, 5.74) is 6.47. The lowest BCUT2D eigenvalue weighted by Gasteiger charge is -2.08. The van der Waals surface area contributed by atoms with Crippen LogP contribution in [-0.4, -0.2) is 38.4 Å². The van der Waals surface area contributed by atoms with Gasteiger partial charge in [-0.05, 0) is 19.1 Å². The summed E-state index contributed by atoms with van der Waals surface area (Å²) in [5, 5.41) is 2.52. The number of hydrogen-bond acceptors (Lipinski definition) is 6. The van der Waals surface area contributed by atoms with Gasteiger partial charge in [0.05, 0.1) is 23.7 Å².